The van der Waals surface area contributed by atoms with E-state index in [1.165, 1.54) is 7.11 Å². The van der Waals surface area contributed by atoms with Crippen LogP contribution in [0.3, 0.4) is 0 Å². The highest BCUT2D eigenvalue weighted by Crippen LogP contribution is 2.34. The second-order valence-electron chi connectivity index (χ2n) is 13.3. The van der Waals surface area contributed by atoms with E-state index in [0.717, 1.165) is 51.0 Å². The van der Waals surface area contributed by atoms with Gasteiger partial charge in [-0.3, -0.25) is 0 Å². The van der Waals surface area contributed by atoms with Crippen molar-refractivity contribution >= 4 is 56.2 Å². The van der Waals surface area contributed by atoms with Gasteiger partial charge in [0.05, 0.1) is 31.0 Å². The number of methoxy groups -OCH3 is 2. The van der Waals surface area contributed by atoms with E-state index in [4.69, 9.17) is 28.9 Å². The Bertz CT molecular complexity index is 1750. The molecular formula is C34H44BrN5O7. The number of rotatable bonds is 10. The van der Waals surface area contributed by atoms with E-state index < -0.39 is 29.4 Å². The first kappa shape index (κ1) is 35.7. The molecule has 0 aliphatic rings. The number of fused-ring (bicyclic) bond motifs is 2. The minimum absolute atomic E-state index is 0.186. The number of nitrogens with zero attached hydrogens (tertiary/aromatic N) is 5. The third-order valence-corrected chi connectivity index (χ3v) is 7.70. The lowest BCUT2D eigenvalue weighted by molar-refractivity contribution is 0.00114. The molecule has 3 aromatic heterocycles. The summed E-state index contributed by atoms with van der Waals surface area (Å²) in [4.78, 5) is 48.7. The predicted octanol–water partition coefficient (Wildman–Crippen LogP) is 7.88. The molecule has 0 spiro atoms. The smallest absolute Gasteiger partial charge is 0.419 e. The molecule has 4 rings (SSSR count). The zero-order valence-electron chi connectivity index (χ0n) is 28.6. The number of imide groups is 1. The number of carbonyl (C=O) groups is 3. The highest BCUT2D eigenvalue weighted by atomic mass is 79.9. The molecule has 0 saturated heterocycles. The van der Waals surface area contributed by atoms with Crippen LogP contribution in [0.4, 0.5) is 9.59 Å². The number of aryl methyl sites for hydroxylation is 2. The number of carbonyl (C=O) groups excluding carboxylic acids is 3. The van der Waals surface area contributed by atoms with Crippen molar-refractivity contribution in [3.63, 3.8) is 0 Å². The van der Waals surface area contributed by atoms with Gasteiger partial charge in [-0.05, 0) is 101 Å². The first-order valence-corrected chi connectivity index (χ1v) is 16.3. The highest BCUT2D eigenvalue weighted by molar-refractivity contribution is 9.10. The number of ether oxygens (including phenoxy) is 4. The van der Waals surface area contributed by atoms with Gasteiger partial charge in [-0.15, -0.1) is 0 Å². The normalized spacial score (nSPS) is 12.0. The van der Waals surface area contributed by atoms with E-state index in [0.29, 0.717) is 35.6 Å². The SMILES string of the molecule is COC(=O)c1cc(OC)c2c(c1)nc(-c1cc3ccc(Br)nc3n1CCCCCCN(C(=O)OC(C)(C)C)C(=O)OC(C)(C)C)n2C. The molecule has 4 aromatic rings. The molecule has 0 atom stereocenters. The number of amides is 2. The molecular weight excluding hydrogens is 670 g/mol. The van der Waals surface area contributed by atoms with Crippen LogP contribution in [0, 0.1) is 0 Å². The number of pyridine rings is 1. The molecule has 0 bridgehead atoms. The lowest BCUT2D eigenvalue weighted by Gasteiger charge is -2.28. The molecule has 254 valence electrons. The van der Waals surface area contributed by atoms with Gasteiger partial charge >= 0.3 is 18.2 Å². The summed E-state index contributed by atoms with van der Waals surface area (Å²) >= 11 is 3.51. The first-order chi connectivity index (χ1) is 22.0. The number of imidazole rings is 1. The number of unbranched alkanes of at least 4 members (excludes halogenated alkanes) is 3. The van der Waals surface area contributed by atoms with Gasteiger partial charge < -0.3 is 28.1 Å². The molecule has 0 fully saturated rings. The summed E-state index contributed by atoms with van der Waals surface area (Å²) in [6.07, 6.45) is 1.57. The van der Waals surface area contributed by atoms with Crippen molar-refractivity contribution in [2.45, 2.75) is 85.0 Å². The van der Waals surface area contributed by atoms with Gasteiger partial charge in [0, 0.05) is 25.5 Å². The van der Waals surface area contributed by atoms with E-state index in [1.807, 2.05) is 23.7 Å². The third kappa shape index (κ3) is 8.62. The molecule has 0 aliphatic carbocycles. The van der Waals surface area contributed by atoms with Gasteiger partial charge in [-0.1, -0.05) is 12.8 Å². The van der Waals surface area contributed by atoms with Gasteiger partial charge in [-0.2, -0.15) is 0 Å². The number of hydrogen-bond acceptors (Lipinski definition) is 9. The minimum atomic E-state index is -0.745. The van der Waals surface area contributed by atoms with E-state index >= 15 is 0 Å². The Hall–Kier alpha value is -4.13. The molecule has 2 amide bonds. The Balaban J connectivity index is 1.54. The molecule has 1 aromatic carbocycles. The molecule has 0 unspecified atom stereocenters. The van der Waals surface area contributed by atoms with Crippen LogP contribution in [0.2, 0.25) is 0 Å². The van der Waals surface area contributed by atoms with E-state index in [9.17, 15) is 14.4 Å². The highest BCUT2D eigenvalue weighted by Gasteiger charge is 2.31. The molecule has 0 radical (unpaired) electrons. The zero-order valence-corrected chi connectivity index (χ0v) is 30.2. The number of halogens is 1. The monoisotopic (exact) mass is 713 g/mol. The Morgan fingerprint density at radius 1 is 0.872 bits per heavy atom. The fourth-order valence-electron chi connectivity index (χ4n) is 5.23. The summed E-state index contributed by atoms with van der Waals surface area (Å²) in [5.41, 5.74) is 1.89. The standard InChI is InChI=1S/C34H44BrN5O7/c1-33(2,3)46-31(42)40(32(43)47-34(4,5)6)17-13-11-10-12-16-39-24(19-21-14-15-26(35)37-28(21)39)29-36-23-18-22(30(41)45-9)20-25(44-8)27(23)38(29)7/h14-15,18-20H,10-13,16-17H2,1-9H3. The average Bonchev–Trinajstić information content (AvgIpc) is 3.50. The lowest BCUT2D eigenvalue weighted by Crippen LogP contribution is -2.44. The maximum Gasteiger partial charge on any atom is 0.419 e. The zero-order chi connectivity index (χ0) is 34.7. The van der Waals surface area contributed by atoms with Crippen LogP contribution in [0.1, 0.15) is 77.6 Å². The van der Waals surface area contributed by atoms with Gasteiger partial charge in [0.2, 0.25) is 0 Å². The van der Waals surface area contributed by atoms with Gasteiger partial charge in [0.1, 0.15) is 32.7 Å². The maximum absolute atomic E-state index is 12.8. The number of esters is 1. The quantitative estimate of drug-likeness (QED) is 0.0698. The van der Waals surface area contributed by atoms with Gasteiger partial charge in [0.25, 0.3) is 0 Å². The lowest BCUT2D eigenvalue weighted by atomic mass is 10.2. The fraction of sp³-hybridized carbons (Fsp3) is 0.500. The average molecular weight is 715 g/mol. The van der Waals surface area contributed by atoms with E-state index in [1.54, 1.807) is 60.8 Å². The third-order valence-electron chi connectivity index (χ3n) is 7.26. The summed E-state index contributed by atoms with van der Waals surface area (Å²) in [7, 11) is 4.81. The van der Waals surface area contributed by atoms with Crippen LogP contribution in [-0.2, 0) is 27.8 Å². The van der Waals surface area contributed by atoms with Crippen LogP contribution in [0.15, 0.2) is 34.9 Å². The van der Waals surface area contributed by atoms with Gasteiger partial charge in [-0.25, -0.2) is 29.3 Å². The van der Waals surface area contributed by atoms with Crippen LogP contribution < -0.4 is 4.74 Å². The van der Waals surface area contributed by atoms with Crippen molar-refractivity contribution in [2.24, 2.45) is 7.05 Å². The van der Waals surface area contributed by atoms with E-state index in [2.05, 4.69) is 26.6 Å². The van der Waals surface area contributed by atoms with E-state index in [-0.39, 0.29) is 6.54 Å². The van der Waals surface area contributed by atoms with Crippen molar-refractivity contribution in [1.82, 2.24) is 24.0 Å². The van der Waals surface area contributed by atoms with Crippen LogP contribution in [0.25, 0.3) is 33.6 Å². The number of benzene rings is 1. The molecule has 12 nitrogen and oxygen atoms in total. The largest absolute Gasteiger partial charge is 0.494 e. The molecule has 47 heavy (non-hydrogen) atoms. The van der Waals surface area contributed by atoms with Crippen molar-refractivity contribution < 1.29 is 33.3 Å². The summed E-state index contributed by atoms with van der Waals surface area (Å²) in [5.74, 6) is 0.736. The van der Waals surface area contributed by atoms with Crippen molar-refractivity contribution in [3.05, 3.63) is 40.5 Å². The molecule has 0 saturated carbocycles. The van der Waals surface area contributed by atoms with Crippen LogP contribution in [-0.4, -0.2) is 74.1 Å². The van der Waals surface area contributed by atoms with Crippen molar-refractivity contribution in [3.8, 4) is 17.3 Å². The minimum Gasteiger partial charge on any atom is -0.494 e. The molecule has 0 aliphatic heterocycles. The maximum atomic E-state index is 12.8. The molecule has 3 heterocycles. The summed E-state index contributed by atoms with van der Waals surface area (Å²) in [6, 6.07) is 9.32. The predicted molar refractivity (Wildman–Crippen MR) is 183 cm³/mol. The Labute approximate surface area is 283 Å². The van der Waals surface area contributed by atoms with Crippen LogP contribution in [0.5, 0.6) is 5.75 Å². The van der Waals surface area contributed by atoms with Crippen LogP contribution >= 0.6 is 15.9 Å². The first-order valence-electron chi connectivity index (χ1n) is 15.6. The summed E-state index contributed by atoms with van der Waals surface area (Å²) in [6.45, 7) is 11.4. The Morgan fingerprint density at radius 3 is 2.11 bits per heavy atom. The summed E-state index contributed by atoms with van der Waals surface area (Å²) in [5, 5.41) is 0.961. The second-order valence-corrected chi connectivity index (χ2v) is 14.1. The Morgan fingerprint density at radius 2 is 1.51 bits per heavy atom. The van der Waals surface area contributed by atoms with Gasteiger partial charge in [0.15, 0.2) is 5.82 Å². The summed E-state index contributed by atoms with van der Waals surface area (Å²) < 4.78 is 26.3. The molecule has 13 heteroatoms. The Kier molecular flexibility index (Phi) is 10.9. The molecule has 0 N–H and O–H groups in total. The van der Waals surface area contributed by atoms with Crippen molar-refractivity contribution in [2.75, 3.05) is 20.8 Å². The fourth-order valence-corrected chi connectivity index (χ4v) is 5.53. The van der Waals surface area contributed by atoms with Crippen molar-refractivity contribution in [1.29, 1.82) is 0 Å². The number of hydrogen-bond donors (Lipinski definition) is 0. The number of aromatic nitrogens is 4. The second kappa shape index (κ2) is 14.3. The topological polar surface area (TPSA) is 127 Å².